The number of rotatable bonds is 5. The summed E-state index contributed by atoms with van der Waals surface area (Å²) in [6.45, 7) is 3.95. The van der Waals surface area contributed by atoms with Crippen LogP contribution in [0.25, 0.3) is 0 Å². The minimum Gasteiger partial charge on any atom is -0.326 e. The number of halogens is 3. The maximum atomic E-state index is 13.3. The van der Waals surface area contributed by atoms with Crippen LogP contribution in [0.1, 0.15) is 41.5 Å². The van der Waals surface area contributed by atoms with Gasteiger partial charge in [0.1, 0.15) is 11.6 Å². The number of anilines is 2. The molecule has 0 aliphatic rings. The van der Waals surface area contributed by atoms with Crippen molar-refractivity contribution in [2.75, 3.05) is 16.0 Å². The van der Waals surface area contributed by atoms with Gasteiger partial charge >= 0.3 is 0 Å². The fourth-order valence-corrected chi connectivity index (χ4v) is 2.48. The number of Topliss-reactive ketones (excluding diaryl/α,β-unsaturated/α-hetero) is 2. The fourth-order valence-electron chi connectivity index (χ4n) is 2.18. The molecule has 0 aliphatic carbocycles. The lowest BCUT2D eigenvalue weighted by Crippen LogP contribution is -2.08. The third-order valence-corrected chi connectivity index (χ3v) is 3.89. The highest BCUT2D eigenvalue weighted by molar-refractivity contribution is 9.09. The summed E-state index contributed by atoms with van der Waals surface area (Å²) in [5, 5.41) is 4.92. The second kappa shape index (κ2) is 11.2. The van der Waals surface area contributed by atoms with Crippen molar-refractivity contribution in [1.82, 2.24) is 0 Å². The van der Waals surface area contributed by atoms with Crippen LogP contribution in [0.3, 0.4) is 0 Å². The Hall–Kier alpha value is -2.94. The normalized spacial score (nSPS) is 9.72. The first-order valence-electron chi connectivity index (χ1n) is 8.29. The van der Waals surface area contributed by atoms with Gasteiger partial charge in [-0.3, -0.25) is 19.2 Å². The maximum Gasteiger partial charge on any atom is 0.221 e. The lowest BCUT2D eigenvalue weighted by atomic mass is 10.1. The second-order valence-electron chi connectivity index (χ2n) is 5.86. The van der Waals surface area contributed by atoms with E-state index in [0.29, 0.717) is 11.4 Å². The van der Waals surface area contributed by atoms with Gasteiger partial charge in [-0.2, -0.15) is 0 Å². The highest BCUT2D eigenvalue weighted by Gasteiger charge is 2.11. The zero-order chi connectivity index (χ0) is 22.1. The first-order valence-corrected chi connectivity index (χ1v) is 9.41. The molecule has 0 saturated heterocycles. The molecule has 0 aliphatic heterocycles. The molecule has 0 fully saturated rings. The van der Waals surface area contributed by atoms with E-state index in [0.717, 1.165) is 12.1 Å². The van der Waals surface area contributed by atoms with E-state index in [1.807, 2.05) is 0 Å². The summed E-state index contributed by atoms with van der Waals surface area (Å²) >= 11 is 2.96. The molecule has 0 aromatic heterocycles. The van der Waals surface area contributed by atoms with E-state index >= 15 is 0 Å². The lowest BCUT2D eigenvalue weighted by molar-refractivity contribution is -0.115. The van der Waals surface area contributed by atoms with E-state index in [1.54, 1.807) is 0 Å². The van der Waals surface area contributed by atoms with Crippen molar-refractivity contribution >= 4 is 50.7 Å². The lowest BCUT2D eigenvalue weighted by Gasteiger charge is -2.04. The number of carbonyl (C=O) groups is 4. The molecule has 2 aromatic carbocycles. The van der Waals surface area contributed by atoms with Crippen molar-refractivity contribution in [2.24, 2.45) is 0 Å². The summed E-state index contributed by atoms with van der Waals surface area (Å²) in [6, 6.07) is 7.92. The molecule has 0 saturated carbocycles. The van der Waals surface area contributed by atoms with Gasteiger partial charge in [-0.25, -0.2) is 8.78 Å². The number of hydrogen-bond donors (Lipinski definition) is 2. The van der Waals surface area contributed by atoms with Crippen molar-refractivity contribution in [3.05, 3.63) is 59.2 Å². The van der Waals surface area contributed by atoms with Gasteiger partial charge in [0.05, 0.1) is 16.5 Å². The van der Waals surface area contributed by atoms with Gasteiger partial charge in [0.15, 0.2) is 11.6 Å². The van der Waals surface area contributed by atoms with Crippen LogP contribution in [0, 0.1) is 11.6 Å². The number of ketones is 2. The van der Waals surface area contributed by atoms with Crippen molar-refractivity contribution in [3.8, 4) is 0 Å². The van der Waals surface area contributed by atoms with Gasteiger partial charge in [0.2, 0.25) is 11.8 Å². The average molecular weight is 469 g/mol. The van der Waals surface area contributed by atoms with Crippen LogP contribution in [0.4, 0.5) is 20.2 Å². The first-order chi connectivity index (χ1) is 13.5. The number of alkyl halides is 1. The Morgan fingerprint density at radius 1 is 0.793 bits per heavy atom. The Bertz CT molecular complexity index is 948. The van der Waals surface area contributed by atoms with Crippen LogP contribution < -0.4 is 10.6 Å². The van der Waals surface area contributed by atoms with E-state index in [-0.39, 0.29) is 39.8 Å². The fraction of sp³-hybridized carbons (Fsp3) is 0.200. The smallest absolute Gasteiger partial charge is 0.221 e. The first kappa shape index (κ1) is 24.1. The number of benzene rings is 2. The summed E-state index contributed by atoms with van der Waals surface area (Å²) in [5.74, 6) is -2.48. The minimum atomic E-state index is -0.634. The van der Waals surface area contributed by atoms with Gasteiger partial charge in [-0.05, 0) is 43.3 Å². The van der Waals surface area contributed by atoms with Crippen LogP contribution in [-0.2, 0) is 9.59 Å². The summed E-state index contributed by atoms with van der Waals surface area (Å²) in [4.78, 5) is 43.4. The van der Waals surface area contributed by atoms with E-state index < -0.39 is 11.6 Å². The summed E-state index contributed by atoms with van der Waals surface area (Å²) < 4.78 is 26.5. The predicted octanol–water partition coefficient (Wildman–Crippen LogP) is 4.35. The molecule has 2 aromatic rings. The zero-order valence-electron chi connectivity index (χ0n) is 15.9. The third-order valence-electron chi connectivity index (χ3n) is 3.38. The van der Waals surface area contributed by atoms with Crippen LogP contribution in [0.5, 0.6) is 0 Å². The number of nitrogens with one attached hydrogen (secondary N) is 2. The third kappa shape index (κ3) is 7.90. The van der Waals surface area contributed by atoms with Crippen molar-refractivity contribution < 1.29 is 28.0 Å². The topological polar surface area (TPSA) is 92.3 Å². The molecule has 29 heavy (non-hydrogen) atoms. The highest BCUT2D eigenvalue weighted by atomic mass is 79.9. The summed E-state index contributed by atoms with van der Waals surface area (Å²) in [5.41, 5.74) is 0.728. The largest absolute Gasteiger partial charge is 0.326 e. The molecule has 2 rings (SSSR count). The number of hydrogen-bond acceptors (Lipinski definition) is 4. The molecule has 0 bridgehead atoms. The Kier molecular flexibility index (Phi) is 9.27. The molecule has 2 amide bonds. The monoisotopic (exact) mass is 468 g/mol. The Balaban J connectivity index is 0.000000291. The van der Waals surface area contributed by atoms with Gasteiger partial charge < -0.3 is 10.6 Å². The molecule has 0 atom stereocenters. The van der Waals surface area contributed by atoms with Gasteiger partial charge in [-0.1, -0.05) is 15.9 Å². The predicted molar refractivity (Wildman–Crippen MR) is 110 cm³/mol. The van der Waals surface area contributed by atoms with Gasteiger partial charge in [0, 0.05) is 25.2 Å². The molecule has 6 nitrogen and oxygen atoms in total. The Morgan fingerprint density at radius 2 is 1.21 bits per heavy atom. The highest BCUT2D eigenvalue weighted by Crippen LogP contribution is 2.16. The molecule has 0 radical (unpaired) electrons. The Morgan fingerprint density at radius 3 is 1.52 bits per heavy atom. The standard InChI is InChI=1S/C10H9BrFNO2.C10H10FNO2/c1-6(14)13-7-2-3-8(9(12)4-7)10(15)5-11;1-6(13)9-4-3-8(5-10(9)11)12-7(2)14/h2-4H,5H2,1H3,(H,13,14);3-5H,1-2H3,(H,12,14). The van der Waals surface area contributed by atoms with Crippen LogP contribution in [0.2, 0.25) is 0 Å². The van der Waals surface area contributed by atoms with Crippen molar-refractivity contribution in [1.29, 1.82) is 0 Å². The molecule has 9 heteroatoms. The van der Waals surface area contributed by atoms with Gasteiger partial charge in [-0.15, -0.1) is 0 Å². The molecule has 0 unspecified atom stereocenters. The minimum absolute atomic E-state index is 0.0148. The molecule has 0 heterocycles. The van der Waals surface area contributed by atoms with Crippen LogP contribution >= 0.6 is 15.9 Å². The van der Waals surface area contributed by atoms with E-state index in [1.165, 1.54) is 45.0 Å². The Labute approximate surface area is 174 Å². The summed E-state index contributed by atoms with van der Waals surface area (Å²) in [6.07, 6.45) is 0. The molecule has 0 spiro atoms. The van der Waals surface area contributed by atoms with Gasteiger partial charge in [0.25, 0.3) is 0 Å². The molecular weight excluding hydrogens is 450 g/mol. The van der Waals surface area contributed by atoms with Crippen LogP contribution in [0.15, 0.2) is 36.4 Å². The van der Waals surface area contributed by atoms with Crippen molar-refractivity contribution in [2.45, 2.75) is 20.8 Å². The molecule has 2 N–H and O–H groups in total. The molecular formula is C20H19BrF2N2O4. The van der Waals surface area contributed by atoms with E-state index in [4.69, 9.17) is 0 Å². The average Bonchev–Trinajstić information content (AvgIpc) is 2.60. The van der Waals surface area contributed by atoms with Crippen LogP contribution in [-0.4, -0.2) is 28.7 Å². The van der Waals surface area contributed by atoms with E-state index in [9.17, 15) is 28.0 Å². The zero-order valence-corrected chi connectivity index (χ0v) is 17.5. The SMILES string of the molecule is CC(=O)Nc1ccc(C(=O)CBr)c(F)c1.CC(=O)Nc1ccc(C(C)=O)c(F)c1. The maximum absolute atomic E-state index is 13.3. The number of amides is 2. The second-order valence-corrected chi connectivity index (χ2v) is 6.43. The number of carbonyl (C=O) groups excluding carboxylic acids is 4. The van der Waals surface area contributed by atoms with Crippen molar-refractivity contribution in [3.63, 3.8) is 0 Å². The summed E-state index contributed by atoms with van der Waals surface area (Å²) in [7, 11) is 0. The van der Waals surface area contributed by atoms with E-state index in [2.05, 4.69) is 26.6 Å². The quantitative estimate of drug-likeness (QED) is 0.503. The molecule has 154 valence electrons.